The lowest BCUT2D eigenvalue weighted by Gasteiger charge is -2.32. The molecule has 0 bridgehead atoms. The maximum Gasteiger partial charge on any atom is 0.253 e. The van der Waals surface area contributed by atoms with Crippen molar-refractivity contribution in [1.82, 2.24) is 4.90 Å². The van der Waals surface area contributed by atoms with Crippen LogP contribution in [0.5, 0.6) is 0 Å². The van der Waals surface area contributed by atoms with Crippen molar-refractivity contribution in [3.63, 3.8) is 0 Å². The number of carbonyl (C=O) groups is 4. The Morgan fingerprint density at radius 1 is 0.895 bits per heavy atom. The standard InChI is InChI=1S/C29H25BrN4O4/c30-20-7-5-18(6-8-20)26(36)34-13-11-17(12-14-34)25(35)31-21-9-10-22-24(15-21)33-28(38)29(22)16-19-3-1-2-4-23(19)32-27(29)37/h1-10,15,17H,11-14,16H2,(H,31,35)(H,32,37)(H,33,38). The van der Waals surface area contributed by atoms with Crippen LogP contribution in [-0.2, 0) is 26.2 Å². The summed E-state index contributed by atoms with van der Waals surface area (Å²) in [5.74, 6) is -1.10. The molecule has 3 aromatic carbocycles. The first-order chi connectivity index (χ1) is 18.3. The van der Waals surface area contributed by atoms with E-state index in [2.05, 4.69) is 31.9 Å². The fraction of sp³-hybridized carbons (Fsp3) is 0.241. The van der Waals surface area contributed by atoms with Gasteiger partial charge in [-0.1, -0.05) is 40.2 Å². The number of fused-ring (bicyclic) bond motifs is 3. The molecule has 1 atom stereocenters. The quantitative estimate of drug-likeness (QED) is 0.406. The Morgan fingerprint density at radius 2 is 1.58 bits per heavy atom. The van der Waals surface area contributed by atoms with Gasteiger partial charge in [0.25, 0.3) is 5.91 Å². The van der Waals surface area contributed by atoms with Gasteiger partial charge in [-0.15, -0.1) is 0 Å². The highest BCUT2D eigenvalue weighted by Gasteiger charge is 2.55. The molecule has 1 unspecified atom stereocenters. The molecule has 0 aromatic heterocycles. The number of rotatable bonds is 3. The monoisotopic (exact) mass is 572 g/mol. The molecule has 1 saturated heterocycles. The molecule has 3 aromatic rings. The van der Waals surface area contributed by atoms with E-state index >= 15 is 0 Å². The second-order valence-electron chi connectivity index (χ2n) is 9.97. The smallest absolute Gasteiger partial charge is 0.253 e. The third-order valence-electron chi connectivity index (χ3n) is 7.74. The molecule has 0 saturated carbocycles. The van der Waals surface area contributed by atoms with Crippen LogP contribution in [0.4, 0.5) is 17.1 Å². The van der Waals surface area contributed by atoms with Crippen molar-refractivity contribution in [2.75, 3.05) is 29.0 Å². The van der Waals surface area contributed by atoms with Gasteiger partial charge in [0.1, 0.15) is 0 Å². The Kier molecular flexibility index (Phi) is 6.03. The summed E-state index contributed by atoms with van der Waals surface area (Å²) in [7, 11) is 0. The lowest BCUT2D eigenvalue weighted by atomic mass is 9.73. The van der Waals surface area contributed by atoms with Gasteiger partial charge in [-0.25, -0.2) is 0 Å². The molecule has 8 nitrogen and oxygen atoms in total. The van der Waals surface area contributed by atoms with Crippen molar-refractivity contribution in [2.24, 2.45) is 5.92 Å². The number of hydrogen-bond donors (Lipinski definition) is 3. The van der Waals surface area contributed by atoms with Crippen LogP contribution in [0.2, 0.25) is 0 Å². The predicted octanol–water partition coefficient (Wildman–Crippen LogP) is 4.32. The van der Waals surface area contributed by atoms with Gasteiger partial charge in [-0.3, -0.25) is 19.2 Å². The molecule has 6 rings (SSSR count). The molecule has 192 valence electrons. The summed E-state index contributed by atoms with van der Waals surface area (Å²) in [6.07, 6.45) is 1.41. The van der Waals surface area contributed by atoms with Gasteiger partial charge in [-0.05, 0) is 60.9 Å². The lowest BCUT2D eigenvalue weighted by Crippen LogP contribution is -2.50. The molecule has 4 amide bonds. The van der Waals surface area contributed by atoms with Crippen LogP contribution in [-0.4, -0.2) is 41.6 Å². The highest BCUT2D eigenvalue weighted by atomic mass is 79.9. The van der Waals surface area contributed by atoms with Crippen LogP contribution >= 0.6 is 15.9 Å². The van der Waals surface area contributed by atoms with E-state index in [9.17, 15) is 19.2 Å². The summed E-state index contributed by atoms with van der Waals surface area (Å²) in [5, 5.41) is 8.69. The number of para-hydroxylation sites is 1. The van der Waals surface area contributed by atoms with Crippen LogP contribution in [0.25, 0.3) is 0 Å². The Hall–Kier alpha value is -3.98. The van der Waals surface area contributed by atoms with E-state index in [1.165, 1.54) is 0 Å². The summed E-state index contributed by atoms with van der Waals surface area (Å²) in [5.41, 5.74) is 2.60. The molecule has 3 aliphatic rings. The van der Waals surface area contributed by atoms with Crippen molar-refractivity contribution in [3.05, 3.63) is 87.9 Å². The number of amides is 4. The second-order valence-corrected chi connectivity index (χ2v) is 10.9. The summed E-state index contributed by atoms with van der Waals surface area (Å²) in [6.45, 7) is 1.01. The maximum absolute atomic E-state index is 13.1. The van der Waals surface area contributed by atoms with Crippen LogP contribution in [0.3, 0.4) is 0 Å². The molecular weight excluding hydrogens is 548 g/mol. The minimum absolute atomic E-state index is 0.0333. The zero-order valence-electron chi connectivity index (χ0n) is 20.4. The number of likely N-dealkylation sites (tertiary alicyclic amines) is 1. The SMILES string of the molecule is O=C(Nc1ccc2c(c1)NC(=O)C21Cc2ccccc2NC1=O)C1CCN(C(=O)c2ccc(Br)cc2)CC1. The van der Waals surface area contributed by atoms with Crippen molar-refractivity contribution >= 4 is 56.6 Å². The van der Waals surface area contributed by atoms with Crippen LogP contribution < -0.4 is 16.0 Å². The largest absolute Gasteiger partial charge is 0.339 e. The Balaban J connectivity index is 1.13. The fourth-order valence-corrected chi connectivity index (χ4v) is 5.87. The summed E-state index contributed by atoms with van der Waals surface area (Å²) >= 11 is 3.38. The van der Waals surface area contributed by atoms with Crippen molar-refractivity contribution < 1.29 is 19.2 Å². The molecule has 38 heavy (non-hydrogen) atoms. The number of piperidine rings is 1. The third kappa shape index (κ3) is 4.07. The second kappa shape index (κ2) is 9.40. The van der Waals surface area contributed by atoms with E-state index in [0.717, 1.165) is 15.7 Å². The topological polar surface area (TPSA) is 108 Å². The van der Waals surface area contributed by atoms with Gasteiger partial charge in [0.15, 0.2) is 5.41 Å². The number of nitrogens with one attached hydrogen (secondary N) is 3. The number of carbonyl (C=O) groups excluding carboxylic acids is 4. The Morgan fingerprint density at radius 3 is 2.32 bits per heavy atom. The van der Waals surface area contributed by atoms with E-state index in [0.29, 0.717) is 48.4 Å². The average molecular weight is 573 g/mol. The minimum Gasteiger partial charge on any atom is -0.339 e. The highest BCUT2D eigenvalue weighted by Crippen LogP contribution is 2.45. The number of anilines is 3. The number of halogens is 1. The molecule has 0 aliphatic carbocycles. The lowest BCUT2D eigenvalue weighted by molar-refractivity contribution is -0.131. The van der Waals surface area contributed by atoms with Crippen molar-refractivity contribution in [1.29, 1.82) is 0 Å². The first kappa shape index (κ1) is 24.4. The Bertz CT molecular complexity index is 1480. The Labute approximate surface area is 227 Å². The van der Waals surface area contributed by atoms with Gasteiger partial charge in [-0.2, -0.15) is 0 Å². The normalized spacial score (nSPS) is 20.4. The third-order valence-corrected chi connectivity index (χ3v) is 8.26. The van der Waals surface area contributed by atoms with Gasteiger partial charge in [0.2, 0.25) is 17.7 Å². The molecule has 3 heterocycles. The van der Waals surface area contributed by atoms with Gasteiger partial charge in [0, 0.05) is 58.1 Å². The molecule has 3 aliphatic heterocycles. The summed E-state index contributed by atoms with van der Waals surface area (Å²) in [6, 6.07) is 19.9. The molecule has 1 fully saturated rings. The van der Waals surface area contributed by atoms with E-state index in [1.807, 2.05) is 36.4 Å². The number of hydrogen-bond acceptors (Lipinski definition) is 4. The zero-order valence-corrected chi connectivity index (χ0v) is 22.0. The van der Waals surface area contributed by atoms with Gasteiger partial charge < -0.3 is 20.9 Å². The molecule has 3 N–H and O–H groups in total. The maximum atomic E-state index is 13.1. The van der Waals surface area contributed by atoms with Crippen molar-refractivity contribution in [2.45, 2.75) is 24.7 Å². The average Bonchev–Trinajstić information content (AvgIpc) is 3.20. The van der Waals surface area contributed by atoms with Gasteiger partial charge in [0.05, 0.1) is 0 Å². The summed E-state index contributed by atoms with van der Waals surface area (Å²) < 4.78 is 0.915. The molecule has 0 radical (unpaired) electrons. The van der Waals surface area contributed by atoms with Crippen LogP contribution in [0.15, 0.2) is 71.2 Å². The van der Waals surface area contributed by atoms with E-state index in [4.69, 9.17) is 0 Å². The molecule has 9 heteroatoms. The number of nitrogens with zero attached hydrogens (tertiary/aromatic N) is 1. The first-order valence-electron chi connectivity index (χ1n) is 12.6. The van der Waals surface area contributed by atoms with E-state index in [-0.39, 0.29) is 36.0 Å². The van der Waals surface area contributed by atoms with E-state index < -0.39 is 5.41 Å². The first-order valence-corrected chi connectivity index (χ1v) is 13.4. The molecular formula is C29H25BrN4O4. The molecule has 1 spiro atoms. The van der Waals surface area contributed by atoms with Crippen LogP contribution in [0.1, 0.15) is 34.3 Å². The van der Waals surface area contributed by atoms with Crippen LogP contribution in [0, 0.1) is 5.92 Å². The zero-order chi connectivity index (χ0) is 26.4. The predicted molar refractivity (Wildman–Crippen MR) is 147 cm³/mol. The fourth-order valence-electron chi connectivity index (χ4n) is 5.61. The summed E-state index contributed by atoms with van der Waals surface area (Å²) in [4.78, 5) is 53.8. The van der Waals surface area contributed by atoms with Crippen molar-refractivity contribution in [3.8, 4) is 0 Å². The van der Waals surface area contributed by atoms with E-state index in [1.54, 1.807) is 35.2 Å². The van der Waals surface area contributed by atoms with Gasteiger partial charge >= 0.3 is 0 Å². The number of benzene rings is 3. The highest BCUT2D eigenvalue weighted by molar-refractivity contribution is 9.10. The minimum atomic E-state index is -1.33.